The van der Waals surface area contributed by atoms with Gasteiger partial charge in [-0.2, -0.15) is 0 Å². The molecular weight excluding hydrogens is 256 g/mol. The molecule has 3 aromatic carbocycles. The summed E-state index contributed by atoms with van der Waals surface area (Å²) in [5.74, 6) is 0.251. The van der Waals surface area contributed by atoms with E-state index in [0.717, 1.165) is 11.1 Å². The third-order valence-electron chi connectivity index (χ3n) is 4.72. The van der Waals surface area contributed by atoms with E-state index in [1.807, 2.05) is 18.2 Å². The van der Waals surface area contributed by atoms with Crippen molar-refractivity contribution in [3.63, 3.8) is 0 Å². The third kappa shape index (κ3) is 1.67. The van der Waals surface area contributed by atoms with Crippen LogP contribution in [0.25, 0.3) is 10.8 Å². The van der Waals surface area contributed by atoms with Crippen LogP contribution in [-0.4, -0.2) is 5.78 Å². The fourth-order valence-corrected chi connectivity index (χ4v) is 3.67. The molecule has 21 heavy (non-hydrogen) atoms. The molecule has 1 heteroatoms. The molecule has 1 aliphatic rings. The van der Waals surface area contributed by atoms with Crippen molar-refractivity contribution < 1.29 is 4.79 Å². The molecular formula is C20H16O. The van der Waals surface area contributed by atoms with Crippen LogP contribution >= 0.6 is 0 Å². The Morgan fingerprint density at radius 1 is 0.810 bits per heavy atom. The quantitative estimate of drug-likeness (QED) is 0.625. The summed E-state index contributed by atoms with van der Waals surface area (Å²) in [6.45, 7) is 2.19. The summed E-state index contributed by atoms with van der Waals surface area (Å²) in [5.41, 5.74) is 3.06. The zero-order valence-corrected chi connectivity index (χ0v) is 12.0. The summed E-state index contributed by atoms with van der Waals surface area (Å²) in [5, 5.41) is 2.47. The van der Waals surface area contributed by atoms with Gasteiger partial charge in [0.2, 0.25) is 0 Å². The number of fused-ring (bicyclic) bond motifs is 2. The summed E-state index contributed by atoms with van der Waals surface area (Å²) in [7, 11) is 0. The lowest BCUT2D eigenvalue weighted by atomic mass is 9.75. The van der Waals surface area contributed by atoms with Gasteiger partial charge in [0.15, 0.2) is 5.78 Å². The summed E-state index contributed by atoms with van der Waals surface area (Å²) in [6.07, 6.45) is 0.556. The second-order valence-corrected chi connectivity index (χ2v) is 6.00. The van der Waals surface area contributed by atoms with E-state index in [4.69, 9.17) is 0 Å². The van der Waals surface area contributed by atoms with Crippen molar-refractivity contribution >= 4 is 16.6 Å². The Hall–Kier alpha value is -2.41. The number of benzene rings is 3. The van der Waals surface area contributed by atoms with Gasteiger partial charge in [-0.3, -0.25) is 4.79 Å². The first-order valence-electron chi connectivity index (χ1n) is 7.31. The average Bonchev–Trinajstić information content (AvgIpc) is 2.80. The summed E-state index contributed by atoms with van der Waals surface area (Å²) >= 11 is 0. The molecule has 0 saturated heterocycles. The Morgan fingerprint density at radius 3 is 2.38 bits per heavy atom. The molecule has 102 valence electrons. The molecule has 0 fully saturated rings. The van der Waals surface area contributed by atoms with Crippen molar-refractivity contribution in [3.05, 3.63) is 83.4 Å². The highest BCUT2D eigenvalue weighted by Crippen LogP contribution is 2.45. The zero-order chi connectivity index (χ0) is 14.4. The predicted molar refractivity (Wildman–Crippen MR) is 85.8 cm³/mol. The van der Waals surface area contributed by atoms with Crippen LogP contribution in [0, 0.1) is 0 Å². The molecule has 0 amide bonds. The number of rotatable bonds is 1. The van der Waals surface area contributed by atoms with Gasteiger partial charge in [0, 0.05) is 17.4 Å². The predicted octanol–water partition coefficient (Wildman–Crippen LogP) is 4.73. The van der Waals surface area contributed by atoms with Gasteiger partial charge in [-0.15, -0.1) is 0 Å². The molecule has 1 unspecified atom stereocenters. The maximum atomic E-state index is 12.4. The second kappa shape index (κ2) is 4.29. The van der Waals surface area contributed by atoms with Crippen molar-refractivity contribution in [1.29, 1.82) is 0 Å². The SMILES string of the molecule is CC1(c2cccc3ccccc23)CC(=O)c2ccccc21. The summed E-state index contributed by atoms with van der Waals surface area (Å²) in [6, 6.07) is 22.8. The van der Waals surface area contributed by atoms with Gasteiger partial charge in [-0.05, 0) is 21.9 Å². The maximum absolute atomic E-state index is 12.4. The standard InChI is InChI=1S/C20H16O/c1-20(13-19(21)16-10-4-5-11-18(16)20)17-12-6-8-14-7-2-3-9-15(14)17/h2-12H,13H2,1H3. The van der Waals surface area contributed by atoms with E-state index in [1.54, 1.807) is 0 Å². The van der Waals surface area contributed by atoms with Crippen LogP contribution in [-0.2, 0) is 5.41 Å². The van der Waals surface area contributed by atoms with Gasteiger partial charge < -0.3 is 0 Å². The van der Waals surface area contributed by atoms with Crippen molar-refractivity contribution in [1.82, 2.24) is 0 Å². The Labute approximate surface area is 124 Å². The van der Waals surface area contributed by atoms with Crippen LogP contribution in [0.4, 0.5) is 0 Å². The van der Waals surface area contributed by atoms with Crippen LogP contribution in [0.2, 0.25) is 0 Å². The van der Waals surface area contributed by atoms with Crippen LogP contribution in [0.5, 0.6) is 0 Å². The van der Waals surface area contributed by atoms with Gasteiger partial charge >= 0.3 is 0 Å². The molecule has 1 atom stereocenters. The number of Topliss-reactive ketones (excluding diaryl/α,β-unsaturated/α-hetero) is 1. The highest BCUT2D eigenvalue weighted by molar-refractivity contribution is 6.04. The second-order valence-electron chi connectivity index (χ2n) is 6.00. The van der Waals surface area contributed by atoms with E-state index < -0.39 is 0 Å². The van der Waals surface area contributed by atoms with Crippen molar-refractivity contribution in [2.45, 2.75) is 18.8 Å². The minimum Gasteiger partial charge on any atom is -0.294 e. The normalized spacial score (nSPS) is 20.7. The fraction of sp³-hybridized carbons (Fsp3) is 0.150. The van der Waals surface area contributed by atoms with Gasteiger partial charge in [-0.25, -0.2) is 0 Å². The minimum atomic E-state index is -0.228. The largest absolute Gasteiger partial charge is 0.294 e. The number of hydrogen-bond acceptors (Lipinski definition) is 1. The lowest BCUT2D eigenvalue weighted by Gasteiger charge is -2.27. The van der Waals surface area contributed by atoms with Gasteiger partial charge in [0.05, 0.1) is 0 Å². The highest BCUT2D eigenvalue weighted by Gasteiger charge is 2.41. The summed E-state index contributed by atoms with van der Waals surface area (Å²) in [4.78, 5) is 12.4. The molecule has 0 aromatic heterocycles. The molecule has 0 heterocycles. The minimum absolute atomic E-state index is 0.228. The van der Waals surface area contributed by atoms with E-state index >= 15 is 0 Å². The van der Waals surface area contributed by atoms with Crippen LogP contribution < -0.4 is 0 Å². The first-order chi connectivity index (χ1) is 10.2. The lowest BCUT2D eigenvalue weighted by Crippen LogP contribution is -2.21. The van der Waals surface area contributed by atoms with E-state index in [1.165, 1.54) is 16.3 Å². The Kier molecular flexibility index (Phi) is 2.52. The van der Waals surface area contributed by atoms with Crippen LogP contribution in [0.1, 0.15) is 34.8 Å². The maximum Gasteiger partial charge on any atom is 0.164 e. The van der Waals surface area contributed by atoms with Crippen LogP contribution in [0.15, 0.2) is 66.7 Å². The summed E-state index contributed by atoms with van der Waals surface area (Å²) < 4.78 is 0. The fourth-order valence-electron chi connectivity index (χ4n) is 3.67. The van der Waals surface area contributed by atoms with Gasteiger partial charge in [-0.1, -0.05) is 73.7 Å². The molecule has 0 radical (unpaired) electrons. The van der Waals surface area contributed by atoms with E-state index in [2.05, 4.69) is 55.5 Å². The average molecular weight is 272 g/mol. The van der Waals surface area contributed by atoms with Crippen LogP contribution in [0.3, 0.4) is 0 Å². The third-order valence-corrected chi connectivity index (χ3v) is 4.72. The molecule has 0 N–H and O–H groups in total. The number of ketones is 1. The van der Waals surface area contributed by atoms with E-state index in [0.29, 0.717) is 6.42 Å². The molecule has 1 nitrogen and oxygen atoms in total. The topological polar surface area (TPSA) is 17.1 Å². The van der Waals surface area contributed by atoms with Crippen molar-refractivity contribution in [3.8, 4) is 0 Å². The molecule has 0 aliphatic heterocycles. The van der Waals surface area contributed by atoms with E-state index in [-0.39, 0.29) is 11.2 Å². The Bertz CT molecular complexity index is 857. The monoisotopic (exact) mass is 272 g/mol. The van der Waals surface area contributed by atoms with Gasteiger partial charge in [0.25, 0.3) is 0 Å². The highest BCUT2D eigenvalue weighted by atomic mass is 16.1. The smallest absolute Gasteiger partial charge is 0.164 e. The zero-order valence-electron chi connectivity index (χ0n) is 12.0. The lowest BCUT2D eigenvalue weighted by molar-refractivity contribution is 0.0982. The Morgan fingerprint density at radius 2 is 1.48 bits per heavy atom. The molecule has 1 aliphatic carbocycles. The molecule has 0 spiro atoms. The molecule has 0 bridgehead atoms. The molecule has 0 saturated carbocycles. The first-order valence-corrected chi connectivity index (χ1v) is 7.31. The Balaban J connectivity index is 2.03. The van der Waals surface area contributed by atoms with Crippen molar-refractivity contribution in [2.24, 2.45) is 0 Å². The number of carbonyl (C=O) groups excluding carboxylic acids is 1. The van der Waals surface area contributed by atoms with E-state index in [9.17, 15) is 4.79 Å². The number of carbonyl (C=O) groups is 1. The first kappa shape index (κ1) is 12.3. The molecule has 3 aromatic rings. The molecule has 4 rings (SSSR count). The number of hydrogen-bond donors (Lipinski definition) is 0. The van der Waals surface area contributed by atoms with Crippen molar-refractivity contribution in [2.75, 3.05) is 0 Å². The van der Waals surface area contributed by atoms with Gasteiger partial charge in [0.1, 0.15) is 0 Å².